The summed E-state index contributed by atoms with van der Waals surface area (Å²) in [5.41, 5.74) is 4.97. The fourth-order valence-electron chi connectivity index (χ4n) is 3.15. The van der Waals surface area contributed by atoms with Crippen LogP contribution in [0.4, 0.5) is 5.69 Å². The van der Waals surface area contributed by atoms with Crippen LogP contribution in [0.5, 0.6) is 0 Å². The van der Waals surface area contributed by atoms with Gasteiger partial charge in [0, 0.05) is 30.2 Å². The molecule has 4 nitrogen and oxygen atoms in total. The SMILES string of the molecule is COC(=O)Cc1c(C)nc2ccccc2c1N(C)Cc1ccccc1. The van der Waals surface area contributed by atoms with Crippen LogP contribution >= 0.6 is 0 Å². The molecular formula is C21H22N2O2. The van der Waals surface area contributed by atoms with Gasteiger partial charge in [-0.05, 0) is 18.6 Å². The standard InChI is InChI=1S/C21H22N2O2/c1-15-18(13-20(24)25-3)21(17-11-7-8-12-19(17)22-15)23(2)14-16-9-5-4-6-10-16/h4-12H,13-14H2,1-3H3. The van der Waals surface area contributed by atoms with E-state index in [1.807, 2.05) is 43.3 Å². The van der Waals surface area contributed by atoms with Gasteiger partial charge in [0.1, 0.15) is 0 Å². The summed E-state index contributed by atoms with van der Waals surface area (Å²) in [5, 5.41) is 1.05. The van der Waals surface area contributed by atoms with Crippen LogP contribution in [-0.2, 0) is 22.5 Å². The van der Waals surface area contributed by atoms with E-state index in [4.69, 9.17) is 4.74 Å². The molecule has 0 aliphatic carbocycles. The fourth-order valence-corrected chi connectivity index (χ4v) is 3.15. The van der Waals surface area contributed by atoms with Gasteiger partial charge in [0.2, 0.25) is 0 Å². The van der Waals surface area contributed by atoms with Crippen molar-refractivity contribution in [1.29, 1.82) is 0 Å². The molecule has 4 heteroatoms. The lowest BCUT2D eigenvalue weighted by Crippen LogP contribution is -2.21. The number of aryl methyl sites for hydroxylation is 1. The smallest absolute Gasteiger partial charge is 0.310 e. The molecule has 0 aliphatic rings. The second kappa shape index (κ2) is 7.34. The van der Waals surface area contributed by atoms with Crippen molar-refractivity contribution in [2.45, 2.75) is 19.9 Å². The highest BCUT2D eigenvalue weighted by molar-refractivity contribution is 5.95. The Morgan fingerprint density at radius 2 is 1.76 bits per heavy atom. The summed E-state index contributed by atoms with van der Waals surface area (Å²) in [6.07, 6.45) is 0.217. The predicted molar refractivity (Wildman–Crippen MR) is 101 cm³/mol. The zero-order chi connectivity index (χ0) is 17.8. The molecule has 0 fully saturated rings. The van der Waals surface area contributed by atoms with Gasteiger partial charge in [-0.25, -0.2) is 0 Å². The number of ether oxygens (including phenoxy) is 1. The van der Waals surface area contributed by atoms with Crippen LogP contribution in [0.3, 0.4) is 0 Å². The van der Waals surface area contributed by atoms with Gasteiger partial charge in [-0.1, -0.05) is 48.5 Å². The molecule has 0 amide bonds. The first kappa shape index (κ1) is 17.0. The Labute approximate surface area is 148 Å². The van der Waals surface area contributed by atoms with Gasteiger partial charge in [-0.3, -0.25) is 9.78 Å². The maximum absolute atomic E-state index is 11.9. The number of carbonyl (C=O) groups excluding carboxylic acids is 1. The molecule has 0 spiro atoms. The second-order valence-corrected chi connectivity index (χ2v) is 6.14. The van der Waals surface area contributed by atoms with Crippen LogP contribution in [0, 0.1) is 6.92 Å². The maximum Gasteiger partial charge on any atom is 0.310 e. The van der Waals surface area contributed by atoms with Gasteiger partial charge in [0.05, 0.1) is 24.7 Å². The Morgan fingerprint density at radius 1 is 1.08 bits per heavy atom. The second-order valence-electron chi connectivity index (χ2n) is 6.14. The molecule has 3 rings (SSSR count). The number of aromatic nitrogens is 1. The van der Waals surface area contributed by atoms with Gasteiger partial charge < -0.3 is 9.64 Å². The zero-order valence-electron chi connectivity index (χ0n) is 14.8. The summed E-state index contributed by atoms with van der Waals surface area (Å²) >= 11 is 0. The van der Waals surface area contributed by atoms with E-state index in [1.54, 1.807) is 0 Å². The number of hydrogen-bond donors (Lipinski definition) is 0. The molecule has 25 heavy (non-hydrogen) atoms. The molecule has 0 aliphatic heterocycles. The fraction of sp³-hybridized carbons (Fsp3) is 0.238. The van der Waals surface area contributed by atoms with Crippen molar-refractivity contribution in [3.63, 3.8) is 0 Å². The molecule has 0 saturated carbocycles. The molecule has 0 bridgehead atoms. The van der Waals surface area contributed by atoms with E-state index in [1.165, 1.54) is 12.7 Å². The van der Waals surface area contributed by atoms with Crippen LogP contribution in [0.25, 0.3) is 10.9 Å². The molecule has 0 atom stereocenters. The van der Waals surface area contributed by atoms with Gasteiger partial charge in [-0.2, -0.15) is 0 Å². The van der Waals surface area contributed by atoms with E-state index in [2.05, 4.69) is 35.1 Å². The van der Waals surface area contributed by atoms with E-state index in [-0.39, 0.29) is 12.4 Å². The number of anilines is 1. The Hall–Kier alpha value is -2.88. The van der Waals surface area contributed by atoms with Crippen LogP contribution in [0.15, 0.2) is 54.6 Å². The van der Waals surface area contributed by atoms with Crippen LogP contribution < -0.4 is 4.90 Å². The minimum absolute atomic E-state index is 0.217. The normalized spacial score (nSPS) is 10.7. The summed E-state index contributed by atoms with van der Waals surface area (Å²) in [5.74, 6) is -0.255. The Kier molecular flexibility index (Phi) is 4.98. The number of esters is 1. The lowest BCUT2D eigenvalue weighted by molar-refractivity contribution is -0.139. The van der Waals surface area contributed by atoms with Crippen molar-refractivity contribution in [3.05, 3.63) is 71.4 Å². The molecule has 3 aromatic rings. The number of para-hydroxylation sites is 1. The summed E-state index contributed by atoms with van der Waals surface area (Å²) in [6, 6.07) is 18.3. The molecule has 0 radical (unpaired) electrons. The first-order valence-electron chi connectivity index (χ1n) is 8.30. The first-order chi connectivity index (χ1) is 12.1. The number of methoxy groups -OCH3 is 1. The van der Waals surface area contributed by atoms with Gasteiger partial charge in [0.25, 0.3) is 0 Å². The number of hydrogen-bond acceptors (Lipinski definition) is 4. The van der Waals surface area contributed by atoms with Gasteiger partial charge in [-0.15, -0.1) is 0 Å². The highest BCUT2D eigenvalue weighted by Gasteiger charge is 2.19. The van der Waals surface area contributed by atoms with E-state index in [9.17, 15) is 4.79 Å². The third kappa shape index (κ3) is 3.63. The van der Waals surface area contributed by atoms with Crippen LogP contribution in [-0.4, -0.2) is 25.1 Å². The molecule has 128 valence electrons. The van der Waals surface area contributed by atoms with Crippen molar-refractivity contribution >= 4 is 22.6 Å². The molecule has 0 N–H and O–H groups in total. The van der Waals surface area contributed by atoms with E-state index >= 15 is 0 Å². The minimum Gasteiger partial charge on any atom is -0.469 e. The van der Waals surface area contributed by atoms with Crippen LogP contribution in [0.2, 0.25) is 0 Å². The summed E-state index contributed by atoms with van der Waals surface area (Å²) in [7, 11) is 3.47. The maximum atomic E-state index is 11.9. The highest BCUT2D eigenvalue weighted by Crippen LogP contribution is 2.32. The Balaban J connectivity index is 2.12. The van der Waals surface area contributed by atoms with Gasteiger partial charge >= 0.3 is 5.97 Å². The number of benzene rings is 2. The van der Waals surface area contributed by atoms with Crippen molar-refractivity contribution in [2.24, 2.45) is 0 Å². The van der Waals surface area contributed by atoms with Crippen molar-refractivity contribution in [2.75, 3.05) is 19.1 Å². The lowest BCUT2D eigenvalue weighted by Gasteiger charge is -2.25. The Morgan fingerprint density at radius 3 is 2.48 bits per heavy atom. The van der Waals surface area contributed by atoms with Crippen molar-refractivity contribution in [1.82, 2.24) is 4.98 Å². The summed E-state index contributed by atoms with van der Waals surface area (Å²) in [4.78, 5) is 18.8. The van der Waals surface area contributed by atoms with Crippen molar-refractivity contribution in [3.8, 4) is 0 Å². The van der Waals surface area contributed by atoms with Crippen molar-refractivity contribution < 1.29 is 9.53 Å². The number of fused-ring (bicyclic) bond motifs is 1. The number of nitrogens with zero attached hydrogens (tertiary/aromatic N) is 2. The topological polar surface area (TPSA) is 42.4 Å². The first-order valence-corrected chi connectivity index (χ1v) is 8.30. The third-order valence-corrected chi connectivity index (χ3v) is 4.36. The van der Waals surface area contributed by atoms with Crippen LogP contribution in [0.1, 0.15) is 16.8 Å². The monoisotopic (exact) mass is 334 g/mol. The number of carbonyl (C=O) groups is 1. The largest absolute Gasteiger partial charge is 0.469 e. The zero-order valence-corrected chi connectivity index (χ0v) is 14.8. The third-order valence-electron chi connectivity index (χ3n) is 4.36. The molecule has 0 saturated heterocycles. The molecular weight excluding hydrogens is 312 g/mol. The molecule has 2 aromatic carbocycles. The summed E-state index contributed by atoms with van der Waals surface area (Å²) < 4.78 is 4.89. The van der Waals surface area contributed by atoms with E-state index in [0.717, 1.165) is 34.4 Å². The molecule has 0 unspecified atom stereocenters. The minimum atomic E-state index is -0.255. The van der Waals surface area contributed by atoms with Gasteiger partial charge in [0.15, 0.2) is 0 Å². The quantitative estimate of drug-likeness (QED) is 0.664. The predicted octanol–water partition coefficient (Wildman–Crippen LogP) is 3.90. The highest BCUT2D eigenvalue weighted by atomic mass is 16.5. The Bertz CT molecular complexity index is 891. The lowest BCUT2D eigenvalue weighted by atomic mass is 10.0. The average Bonchev–Trinajstić information content (AvgIpc) is 2.62. The number of pyridine rings is 1. The average molecular weight is 334 g/mol. The van der Waals surface area contributed by atoms with E-state index in [0.29, 0.717) is 0 Å². The van der Waals surface area contributed by atoms with E-state index < -0.39 is 0 Å². The summed E-state index contributed by atoms with van der Waals surface area (Å²) in [6.45, 7) is 2.70. The molecule has 1 aromatic heterocycles. The molecule has 1 heterocycles. The number of rotatable bonds is 5.